The first-order chi connectivity index (χ1) is 13.1. The minimum absolute atomic E-state index is 0.0514. The molecule has 5 heteroatoms. The lowest BCUT2D eigenvalue weighted by Gasteiger charge is -2.34. The highest BCUT2D eigenvalue weighted by molar-refractivity contribution is 5.77. The van der Waals surface area contributed by atoms with E-state index in [2.05, 4.69) is 15.2 Å². The number of carbonyl (C=O) groups is 1. The van der Waals surface area contributed by atoms with Crippen LogP contribution >= 0.6 is 0 Å². The van der Waals surface area contributed by atoms with E-state index in [0.29, 0.717) is 0 Å². The predicted octanol–water partition coefficient (Wildman–Crippen LogP) is 2.85. The highest BCUT2D eigenvalue weighted by Gasteiger charge is 2.46. The van der Waals surface area contributed by atoms with Gasteiger partial charge in [-0.15, -0.1) is 0 Å². The summed E-state index contributed by atoms with van der Waals surface area (Å²) in [6, 6.07) is 15.7. The Balaban J connectivity index is 1.33. The lowest BCUT2D eigenvalue weighted by atomic mass is 9.85. The third-order valence-corrected chi connectivity index (χ3v) is 5.79. The summed E-state index contributed by atoms with van der Waals surface area (Å²) >= 11 is 0. The summed E-state index contributed by atoms with van der Waals surface area (Å²) in [6.45, 7) is 1.76. The van der Waals surface area contributed by atoms with Crippen molar-refractivity contribution in [3.8, 4) is 0 Å². The van der Waals surface area contributed by atoms with E-state index in [4.69, 9.17) is 0 Å². The molecule has 1 amide bonds. The number of amides is 1. The molecule has 1 unspecified atom stereocenters. The maximum Gasteiger partial charge on any atom is 0.223 e. The fourth-order valence-electron chi connectivity index (χ4n) is 4.09. The molecule has 1 aromatic heterocycles. The Morgan fingerprint density at radius 3 is 2.41 bits per heavy atom. The number of pyridine rings is 1. The molecule has 1 aromatic carbocycles. The van der Waals surface area contributed by atoms with Crippen LogP contribution < -0.4 is 10.2 Å². The molecule has 2 N–H and O–H groups in total. The normalized spacial score (nSPS) is 20.1. The van der Waals surface area contributed by atoms with Crippen molar-refractivity contribution in [2.75, 3.05) is 18.0 Å². The van der Waals surface area contributed by atoms with Crippen LogP contribution in [0.1, 0.15) is 37.7 Å². The Kier molecular flexibility index (Phi) is 5.12. The van der Waals surface area contributed by atoms with Gasteiger partial charge in [0.1, 0.15) is 11.4 Å². The number of benzene rings is 1. The highest BCUT2D eigenvalue weighted by atomic mass is 16.3. The molecule has 0 bridgehead atoms. The van der Waals surface area contributed by atoms with Gasteiger partial charge in [-0.05, 0) is 49.3 Å². The number of piperidine rings is 1. The van der Waals surface area contributed by atoms with Crippen LogP contribution in [0.25, 0.3) is 0 Å². The fourth-order valence-corrected chi connectivity index (χ4v) is 4.09. The number of aliphatic hydroxyl groups is 1. The number of nitrogens with zero attached hydrogens (tertiary/aromatic N) is 2. The molecule has 142 valence electrons. The minimum Gasteiger partial charge on any atom is -0.384 e. The van der Waals surface area contributed by atoms with E-state index in [1.165, 1.54) is 0 Å². The largest absolute Gasteiger partial charge is 0.384 e. The van der Waals surface area contributed by atoms with Crippen molar-refractivity contribution >= 4 is 11.7 Å². The van der Waals surface area contributed by atoms with E-state index in [1.54, 1.807) is 0 Å². The van der Waals surface area contributed by atoms with E-state index in [1.807, 2.05) is 54.7 Å². The molecule has 0 spiro atoms. The first-order valence-corrected chi connectivity index (χ1v) is 9.88. The molecule has 1 aliphatic carbocycles. The lowest BCUT2D eigenvalue weighted by Crippen LogP contribution is -2.46. The first-order valence-electron chi connectivity index (χ1n) is 9.88. The van der Waals surface area contributed by atoms with Crippen LogP contribution in [0.2, 0.25) is 0 Å². The van der Waals surface area contributed by atoms with Gasteiger partial charge >= 0.3 is 0 Å². The first kappa shape index (κ1) is 18.0. The number of nitrogens with one attached hydrogen (secondary N) is 1. The molecular weight excluding hydrogens is 338 g/mol. The molecule has 1 saturated heterocycles. The summed E-state index contributed by atoms with van der Waals surface area (Å²) in [5.41, 5.74) is -0.187. The number of anilines is 1. The maximum atomic E-state index is 12.7. The van der Waals surface area contributed by atoms with E-state index in [-0.39, 0.29) is 24.3 Å². The molecule has 2 aromatic rings. The Bertz CT molecular complexity index is 756. The molecule has 5 nitrogen and oxygen atoms in total. The monoisotopic (exact) mass is 365 g/mol. The van der Waals surface area contributed by atoms with Crippen molar-refractivity contribution in [1.29, 1.82) is 0 Å². The fraction of sp³-hybridized carbons (Fsp3) is 0.455. The SMILES string of the molecule is O=C(CC(O)(c1ccccc1)C1CC1)NC1CCN(c2ccccn2)CC1. The van der Waals surface area contributed by atoms with Gasteiger partial charge in [0.15, 0.2) is 0 Å². The van der Waals surface area contributed by atoms with Crippen molar-refractivity contribution in [2.45, 2.75) is 43.7 Å². The summed E-state index contributed by atoms with van der Waals surface area (Å²) in [5, 5.41) is 14.4. The van der Waals surface area contributed by atoms with Crippen LogP contribution in [0.3, 0.4) is 0 Å². The maximum absolute atomic E-state index is 12.7. The van der Waals surface area contributed by atoms with Crippen molar-refractivity contribution in [3.63, 3.8) is 0 Å². The number of carbonyl (C=O) groups excluding carboxylic acids is 1. The minimum atomic E-state index is -1.04. The molecular formula is C22H27N3O2. The summed E-state index contributed by atoms with van der Waals surface area (Å²) in [6.07, 6.45) is 5.72. The van der Waals surface area contributed by atoms with Crippen LogP contribution in [0.4, 0.5) is 5.82 Å². The average molecular weight is 365 g/mol. The summed E-state index contributed by atoms with van der Waals surface area (Å²) < 4.78 is 0. The van der Waals surface area contributed by atoms with Crippen molar-refractivity contribution in [2.24, 2.45) is 5.92 Å². The Hall–Kier alpha value is -2.40. The van der Waals surface area contributed by atoms with Crippen molar-refractivity contribution < 1.29 is 9.90 Å². The lowest BCUT2D eigenvalue weighted by molar-refractivity contribution is -0.128. The number of aromatic nitrogens is 1. The number of hydrogen-bond acceptors (Lipinski definition) is 4. The molecule has 27 heavy (non-hydrogen) atoms. The Morgan fingerprint density at radius 2 is 1.78 bits per heavy atom. The quantitative estimate of drug-likeness (QED) is 0.826. The van der Waals surface area contributed by atoms with Gasteiger partial charge in [0.2, 0.25) is 5.91 Å². The third-order valence-electron chi connectivity index (χ3n) is 5.79. The predicted molar refractivity (Wildman–Crippen MR) is 105 cm³/mol. The van der Waals surface area contributed by atoms with Gasteiger partial charge in [0.25, 0.3) is 0 Å². The topological polar surface area (TPSA) is 65.5 Å². The van der Waals surface area contributed by atoms with Gasteiger partial charge in [-0.25, -0.2) is 4.98 Å². The molecule has 2 fully saturated rings. The summed E-state index contributed by atoms with van der Waals surface area (Å²) in [5.74, 6) is 1.13. The van der Waals surface area contributed by atoms with E-state index >= 15 is 0 Å². The zero-order valence-electron chi connectivity index (χ0n) is 15.6. The van der Waals surface area contributed by atoms with Crippen molar-refractivity contribution in [1.82, 2.24) is 10.3 Å². The summed E-state index contributed by atoms with van der Waals surface area (Å²) in [7, 11) is 0. The highest BCUT2D eigenvalue weighted by Crippen LogP contribution is 2.47. The van der Waals surface area contributed by atoms with Gasteiger partial charge in [-0.3, -0.25) is 4.79 Å². The van der Waals surface area contributed by atoms with E-state index in [0.717, 1.165) is 50.2 Å². The zero-order valence-corrected chi connectivity index (χ0v) is 15.6. The van der Waals surface area contributed by atoms with Crippen LogP contribution in [-0.4, -0.2) is 35.1 Å². The van der Waals surface area contributed by atoms with Gasteiger partial charge in [-0.2, -0.15) is 0 Å². The number of rotatable bonds is 6. The van der Waals surface area contributed by atoms with Crippen molar-refractivity contribution in [3.05, 3.63) is 60.3 Å². The zero-order chi connectivity index (χ0) is 18.7. The molecule has 1 aliphatic heterocycles. The summed E-state index contributed by atoms with van der Waals surface area (Å²) in [4.78, 5) is 19.3. The molecule has 0 radical (unpaired) electrons. The van der Waals surface area contributed by atoms with Crippen LogP contribution in [0, 0.1) is 5.92 Å². The third kappa shape index (κ3) is 4.14. The molecule has 4 rings (SSSR count). The van der Waals surface area contributed by atoms with Gasteiger partial charge in [0, 0.05) is 25.3 Å². The van der Waals surface area contributed by atoms with Gasteiger partial charge in [-0.1, -0.05) is 36.4 Å². The second-order valence-corrected chi connectivity index (χ2v) is 7.76. The number of hydrogen-bond donors (Lipinski definition) is 2. The molecule has 1 saturated carbocycles. The molecule has 2 heterocycles. The standard InChI is InChI=1S/C22H27N3O2/c26-21(16-22(27,18-9-10-18)17-6-2-1-3-7-17)24-19-11-14-25(15-12-19)20-8-4-5-13-23-20/h1-8,13,18-19,27H,9-12,14-16H2,(H,24,26). The average Bonchev–Trinajstić information content (AvgIpc) is 3.56. The van der Waals surface area contributed by atoms with Gasteiger partial charge in [0.05, 0.1) is 6.42 Å². The van der Waals surface area contributed by atoms with Gasteiger partial charge < -0.3 is 15.3 Å². The molecule has 1 atom stereocenters. The second-order valence-electron chi connectivity index (χ2n) is 7.76. The second kappa shape index (κ2) is 7.69. The van der Waals surface area contributed by atoms with Crippen LogP contribution in [0.5, 0.6) is 0 Å². The smallest absolute Gasteiger partial charge is 0.223 e. The molecule has 2 aliphatic rings. The Morgan fingerprint density at radius 1 is 1.07 bits per heavy atom. The van der Waals surface area contributed by atoms with E-state index < -0.39 is 5.60 Å². The van der Waals surface area contributed by atoms with Crippen LogP contribution in [-0.2, 0) is 10.4 Å². The van der Waals surface area contributed by atoms with E-state index in [9.17, 15) is 9.90 Å². The Labute approximate surface area is 160 Å². The van der Waals surface area contributed by atoms with Crippen LogP contribution in [0.15, 0.2) is 54.7 Å².